The molecule has 1 aliphatic heterocycles. The number of rotatable bonds is 3. The van der Waals surface area contributed by atoms with Crippen molar-refractivity contribution in [1.29, 1.82) is 0 Å². The van der Waals surface area contributed by atoms with Crippen molar-refractivity contribution in [3.05, 3.63) is 0 Å². The second-order valence-electron chi connectivity index (χ2n) is 5.73. The Morgan fingerprint density at radius 3 is 2.81 bits per heavy atom. The topological polar surface area (TPSA) is 53.2 Å². The molecule has 1 saturated heterocycles. The van der Waals surface area contributed by atoms with Crippen LogP contribution in [0.2, 0.25) is 0 Å². The van der Waals surface area contributed by atoms with Crippen LogP contribution in [0.4, 0.5) is 4.79 Å². The second kappa shape index (κ2) is 4.62. The number of amides is 2. The van der Waals surface area contributed by atoms with Gasteiger partial charge in [-0.05, 0) is 37.6 Å². The minimum absolute atomic E-state index is 0.00864. The lowest BCUT2D eigenvalue weighted by molar-refractivity contribution is 0.175. The number of urea groups is 1. The first-order valence-electron chi connectivity index (χ1n) is 6.36. The van der Waals surface area contributed by atoms with E-state index in [1.807, 2.05) is 0 Å². The molecular weight excluding hydrogens is 202 g/mol. The molecule has 0 spiro atoms. The monoisotopic (exact) mass is 225 g/mol. The highest BCUT2D eigenvalue weighted by molar-refractivity contribution is 5.74. The van der Waals surface area contributed by atoms with Gasteiger partial charge in [0.05, 0.1) is 0 Å². The normalized spacial score (nSPS) is 28.5. The van der Waals surface area contributed by atoms with Crippen molar-refractivity contribution in [2.45, 2.75) is 51.6 Å². The van der Waals surface area contributed by atoms with Gasteiger partial charge in [-0.2, -0.15) is 0 Å². The zero-order valence-electron chi connectivity index (χ0n) is 10.3. The number of carbonyl (C=O) groups is 1. The van der Waals surface area contributed by atoms with E-state index in [0.29, 0.717) is 12.1 Å². The number of carbonyl (C=O) groups excluding carboxylic acids is 1. The van der Waals surface area contributed by atoms with Gasteiger partial charge in [-0.1, -0.05) is 13.8 Å². The van der Waals surface area contributed by atoms with Crippen LogP contribution in [0.3, 0.4) is 0 Å². The highest BCUT2D eigenvalue weighted by atomic mass is 16.2. The zero-order chi connectivity index (χ0) is 11.6. The van der Waals surface area contributed by atoms with E-state index in [1.54, 1.807) is 0 Å². The van der Waals surface area contributed by atoms with Crippen molar-refractivity contribution in [1.82, 2.24) is 16.0 Å². The SMILES string of the molecule is CC1(C)CCCNC1CNC(=O)NC1CC1. The van der Waals surface area contributed by atoms with Crippen LogP contribution in [-0.4, -0.2) is 31.2 Å². The molecule has 4 nitrogen and oxygen atoms in total. The van der Waals surface area contributed by atoms with Crippen molar-refractivity contribution < 1.29 is 4.79 Å². The van der Waals surface area contributed by atoms with Crippen molar-refractivity contribution >= 4 is 6.03 Å². The summed E-state index contributed by atoms with van der Waals surface area (Å²) in [5, 5.41) is 9.40. The Kier molecular flexibility index (Phi) is 3.38. The summed E-state index contributed by atoms with van der Waals surface area (Å²) in [5.41, 5.74) is 0.283. The predicted molar refractivity (Wildman–Crippen MR) is 64.4 cm³/mol. The van der Waals surface area contributed by atoms with Crippen molar-refractivity contribution in [3.63, 3.8) is 0 Å². The number of hydrogen-bond donors (Lipinski definition) is 3. The molecule has 92 valence electrons. The third kappa shape index (κ3) is 3.11. The summed E-state index contributed by atoms with van der Waals surface area (Å²) in [6, 6.07) is 0.823. The van der Waals surface area contributed by atoms with Gasteiger partial charge in [-0.15, -0.1) is 0 Å². The van der Waals surface area contributed by atoms with Crippen molar-refractivity contribution in [2.24, 2.45) is 5.41 Å². The number of piperidine rings is 1. The van der Waals surface area contributed by atoms with Gasteiger partial charge in [0.15, 0.2) is 0 Å². The van der Waals surface area contributed by atoms with E-state index in [-0.39, 0.29) is 11.4 Å². The van der Waals surface area contributed by atoms with Crippen LogP contribution >= 0.6 is 0 Å². The molecule has 4 heteroatoms. The number of hydrogen-bond acceptors (Lipinski definition) is 2. The lowest BCUT2D eigenvalue weighted by Crippen LogP contribution is -2.54. The van der Waals surface area contributed by atoms with Gasteiger partial charge in [-0.3, -0.25) is 0 Å². The van der Waals surface area contributed by atoms with Gasteiger partial charge in [0.25, 0.3) is 0 Å². The summed E-state index contributed by atoms with van der Waals surface area (Å²) in [6.45, 7) is 6.33. The summed E-state index contributed by atoms with van der Waals surface area (Å²) in [7, 11) is 0. The Balaban J connectivity index is 1.72. The number of nitrogens with one attached hydrogen (secondary N) is 3. The molecule has 2 fully saturated rings. The van der Waals surface area contributed by atoms with E-state index in [2.05, 4.69) is 29.8 Å². The molecule has 1 atom stereocenters. The molecule has 16 heavy (non-hydrogen) atoms. The maximum absolute atomic E-state index is 11.5. The van der Waals surface area contributed by atoms with E-state index in [9.17, 15) is 4.79 Å². The molecule has 2 aliphatic rings. The van der Waals surface area contributed by atoms with Crippen molar-refractivity contribution in [2.75, 3.05) is 13.1 Å². The maximum Gasteiger partial charge on any atom is 0.315 e. The molecule has 0 aromatic heterocycles. The summed E-state index contributed by atoms with van der Waals surface area (Å²) < 4.78 is 0. The molecule has 2 rings (SSSR count). The fourth-order valence-electron chi connectivity index (χ4n) is 2.28. The lowest BCUT2D eigenvalue weighted by Gasteiger charge is -2.39. The van der Waals surface area contributed by atoms with Crippen LogP contribution < -0.4 is 16.0 Å². The van der Waals surface area contributed by atoms with E-state index >= 15 is 0 Å². The minimum Gasteiger partial charge on any atom is -0.337 e. The van der Waals surface area contributed by atoms with Crippen LogP contribution in [0, 0.1) is 5.41 Å². The third-order valence-electron chi connectivity index (χ3n) is 3.71. The van der Waals surface area contributed by atoms with Crippen LogP contribution in [-0.2, 0) is 0 Å². The molecule has 3 N–H and O–H groups in total. The summed E-state index contributed by atoms with van der Waals surface area (Å²) in [4.78, 5) is 11.5. The quantitative estimate of drug-likeness (QED) is 0.676. The average molecular weight is 225 g/mol. The minimum atomic E-state index is -0.00864. The van der Waals surface area contributed by atoms with E-state index in [0.717, 1.165) is 25.9 Å². The van der Waals surface area contributed by atoms with E-state index in [1.165, 1.54) is 12.8 Å². The fraction of sp³-hybridized carbons (Fsp3) is 0.917. The van der Waals surface area contributed by atoms with Gasteiger partial charge < -0.3 is 16.0 Å². The molecule has 0 aromatic rings. The summed E-state index contributed by atoms with van der Waals surface area (Å²) in [5.74, 6) is 0. The first-order chi connectivity index (χ1) is 7.58. The Bertz CT molecular complexity index is 261. The molecule has 0 aromatic carbocycles. The molecular formula is C12H23N3O. The molecule has 0 bridgehead atoms. The fourth-order valence-corrected chi connectivity index (χ4v) is 2.28. The highest BCUT2D eigenvalue weighted by Crippen LogP contribution is 2.29. The van der Waals surface area contributed by atoms with Crippen LogP contribution in [0.1, 0.15) is 39.5 Å². The zero-order valence-corrected chi connectivity index (χ0v) is 10.3. The van der Waals surface area contributed by atoms with E-state index < -0.39 is 0 Å². The summed E-state index contributed by atoms with van der Waals surface area (Å²) in [6.07, 6.45) is 4.75. The first-order valence-corrected chi connectivity index (χ1v) is 6.36. The standard InChI is InChI=1S/C12H23N3O/c1-12(2)6-3-7-13-10(12)8-14-11(16)15-9-4-5-9/h9-10,13H,3-8H2,1-2H3,(H2,14,15,16). The first kappa shape index (κ1) is 11.7. The molecule has 1 saturated carbocycles. The molecule has 1 aliphatic carbocycles. The van der Waals surface area contributed by atoms with Crippen LogP contribution in [0.5, 0.6) is 0 Å². The maximum atomic E-state index is 11.5. The third-order valence-corrected chi connectivity index (χ3v) is 3.71. The molecule has 1 heterocycles. The molecule has 0 radical (unpaired) electrons. The Hall–Kier alpha value is -0.770. The van der Waals surface area contributed by atoms with Crippen LogP contribution in [0.15, 0.2) is 0 Å². The van der Waals surface area contributed by atoms with Crippen LogP contribution in [0.25, 0.3) is 0 Å². The van der Waals surface area contributed by atoms with Gasteiger partial charge >= 0.3 is 6.03 Å². The highest BCUT2D eigenvalue weighted by Gasteiger charge is 2.32. The Labute approximate surface area is 97.6 Å². The smallest absolute Gasteiger partial charge is 0.315 e. The van der Waals surface area contributed by atoms with Crippen molar-refractivity contribution in [3.8, 4) is 0 Å². The molecule has 2 amide bonds. The van der Waals surface area contributed by atoms with Gasteiger partial charge in [0, 0.05) is 18.6 Å². The Morgan fingerprint density at radius 1 is 1.44 bits per heavy atom. The van der Waals surface area contributed by atoms with Gasteiger partial charge in [0.2, 0.25) is 0 Å². The second-order valence-corrected chi connectivity index (χ2v) is 5.73. The largest absolute Gasteiger partial charge is 0.337 e. The van der Waals surface area contributed by atoms with E-state index in [4.69, 9.17) is 0 Å². The Morgan fingerprint density at radius 2 is 2.19 bits per heavy atom. The van der Waals surface area contributed by atoms with Gasteiger partial charge in [-0.25, -0.2) is 4.79 Å². The lowest BCUT2D eigenvalue weighted by atomic mass is 9.77. The molecule has 1 unspecified atom stereocenters. The van der Waals surface area contributed by atoms with Gasteiger partial charge in [0.1, 0.15) is 0 Å². The predicted octanol–water partition coefficient (Wildman–Crippen LogP) is 1.23. The average Bonchev–Trinajstić information content (AvgIpc) is 2.99. The summed E-state index contributed by atoms with van der Waals surface area (Å²) >= 11 is 0.